The third kappa shape index (κ3) is 5.95. The van der Waals surface area contributed by atoms with Crippen LogP contribution in [0.4, 0.5) is 33.9 Å². The van der Waals surface area contributed by atoms with Crippen LogP contribution in [0.5, 0.6) is 0 Å². The highest BCUT2D eigenvalue weighted by Gasteiger charge is 2.43. The van der Waals surface area contributed by atoms with Gasteiger partial charge in [0.1, 0.15) is 11.6 Å². The summed E-state index contributed by atoms with van der Waals surface area (Å²) in [6.45, 7) is 7.88. The molecular formula is C20H22BF4N3O3. The highest BCUT2D eigenvalue weighted by atomic mass is 19.4. The molecule has 11 heteroatoms. The van der Waals surface area contributed by atoms with Crippen LogP contribution in [0.1, 0.15) is 39.7 Å². The van der Waals surface area contributed by atoms with Crippen molar-refractivity contribution in [3.63, 3.8) is 0 Å². The summed E-state index contributed by atoms with van der Waals surface area (Å²) in [6.07, 6.45) is -2.68. The van der Waals surface area contributed by atoms with Gasteiger partial charge in [0.25, 0.3) is 0 Å². The van der Waals surface area contributed by atoms with Crippen molar-refractivity contribution in [3.05, 3.63) is 47.9 Å². The first-order valence-electron chi connectivity index (χ1n) is 9.50. The normalized spacial score (nSPS) is 17.9. The number of carbonyl (C=O) groups excluding carboxylic acids is 1. The summed E-state index contributed by atoms with van der Waals surface area (Å²) in [5.41, 5.74) is -1.82. The lowest BCUT2D eigenvalue weighted by atomic mass is 9.73. The summed E-state index contributed by atoms with van der Waals surface area (Å²) in [7, 11) is -0.630. The monoisotopic (exact) mass is 439 g/mol. The lowest BCUT2D eigenvalue weighted by Crippen LogP contribution is -2.56. The number of benzene rings is 1. The SMILES string of the molecule is CC1(C)CC(C)(C)OB(c2ccc(NC(=O)Nc3ccc(F)c(C(F)(F)F)c3)nc2)O1. The number of amides is 2. The first-order valence-corrected chi connectivity index (χ1v) is 9.50. The number of nitrogens with zero attached hydrogens (tertiary/aromatic N) is 1. The van der Waals surface area contributed by atoms with Crippen LogP contribution in [0.25, 0.3) is 0 Å². The molecule has 0 bridgehead atoms. The van der Waals surface area contributed by atoms with E-state index in [1.165, 1.54) is 12.3 Å². The van der Waals surface area contributed by atoms with E-state index < -0.39 is 41.9 Å². The first-order chi connectivity index (χ1) is 14.2. The second-order valence-electron chi connectivity index (χ2n) is 8.51. The molecule has 0 radical (unpaired) electrons. The summed E-state index contributed by atoms with van der Waals surface area (Å²) >= 11 is 0. The predicted molar refractivity (Wildman–Crippen MR) is 109 cm³/mol. The molecule has 2 amide bonds. The number of alkyl halides is 3. The number of halogens is 4. The number of anilines is 2. The Hall–Kier alpha value is -2.66. The van der Waals surface area contributed by atoms with E-state index in [0.717, 1.165) is 6.07 Å². The lowest BCUT2D eigenvalue weighted by Gasteiger charge is -2.44. The standard InChI is InChI=1S/C20H22BF4N3O3/c1-18(2)11-19(3,4)31-21(30-18)12-5-8-16(26-10-12)28-17(29)27-13-6-7-15(22)14(9-13)20(23,24)25/h5-10H,11H2,1-4H3,(H2,26,27,28,29). The molecule has 1 aliphatic rings. The van der Waals surface area contributed by atoms with Crippen molar-refractivity contribution in [3.8, 4) is 0 Å². The summed E-state index contributed by atoms with van der Waals surface area (Å²) in [6, 6.07) is 4.55. The minimum absolute atomic E-state index is 0.161. The zero-order chi connectivity index (χ0) is 23.0. The molecule has 1 aromatic heterocycles. The van der Waals surface area contributed by atoms with Crippen molar-refractivity contribution in [1.29, 1.82) is 0 Å². The predicted octanol–water partition coefficient (Wildman–Crippen LogP) is 4.57. The van der Waals surface area contributed by atoms with E-state index in [1.54, 1.807) is 6.07 Å². The Labute approximate surface area is 177 Å². The van der Waals surface area contributed by atoms with E-state index >= 15 is 0 Å². The molecular weight excluding hydrogens is 417 g/mol. The summed E-state index contributed by atoms with van der Waals surface area (Å²) in [4.78, 5) is 16.2. The van der Waals surface area contributed by atoms with Gasteiger partial charge in [-0.2, -0.15) is 13.2 Å². The van der Waals surface area contributed by atoms with Gasteiger partial charge in [-0.3, -0.25) is 5.32 Å². The highest BCUT2D eigenvalue weighted by molar-refractivity contribution is 6.61. The van der Waals surface area contributed by atoms with Gasteiger partial charge >= 0.3 is 19.3 Å². The second-order valence-corrected chi connectivity index (χ2v) is 8.51. The highest BCUT2D eigenvalue weighted by Crippen LogP contribution is 2.34. The third-order valence-corrected chi connectivity index (χ3v) is 4.53. The molecule has 0 aliphatic carbocycles. The minimum Gasteiger partial charge on any atom is -0.402 e. The molecule has 2 N–H and O–H groups in total. The molecule has 2 heterocycles. The van der Waals surface area contributed by atoms with E-state index in [2.05, 4.69) is 15.6 Å². The Morgan fingerprint density at radius 2 is 1.71 bits per heavy atom. The Morgan fingerprint density at radius 1 is 1.06 bits per heavy atom. The largest absolute Gasteiger partial charge is 0.496 e. The average Bonchev–Trinajstić information content (AvgIpc) is 2.60. The molecule has 31 heavy (non-hydrogen) atoms. The van der Waals surface area contributed by atoms with Crippen LogP contribution in [0.15, 0.2) is 36.5 Å². The summed E-state index contributed by atoms with van der Waals surface area (Å²) in [5, 5.41) is 4.63. The topological polar surface area (TPSA) is 72.5 Å². The van der Waals surface area contributed by atoms with Crippen molar-refractivity contribution in [2.45, 2.75) is 51.5 Å². The quantitative estimate of drug-likeness (QED) is 0.543. The second kappa shape index (κ2) is 8.12. The van der Waals surface area contributed by atoms with Crippen molar-refractivity contribution in [1.82, 2.24) is 4.98 Å². The van der Waals surface area contributed by atoms with Gasteiger partial charge in [0.2, 0.25) is 0 Å². The van der Waals surface area contributed by atoms with Gasteiger partial charge in [0, 0.05) is 23.8 Å². The Balaban J connectivity index is 1.66. The molecule has 0 spiro atoms. The van der Waals surface area contributed by atoms with Gasteiger partial charge in [-0.25, -0.2) is 14.2 Å². The maximum Gasteiger partial charge on any atom is 0.496 e. The van der Waals surface area contributed by atoms with Gasteiger partial charge in [-0.1, -0.05) is 6.07 Å². The maximum atomic E-state index is 13.4. The van der Waals surface area contributed by atoms with Crippen LogP contribution in [-0.4, -0.2) is 29.3 Å². The van der Waals surface area contributed by atoms with Crippen molar-refractivity contribution in [2.24, 2.45) is 0 Å². The van der Waals surface area contributed by atoms with E-state index in [4.69, 9.17) is 9.31 Å². The number of pyridine rings is 1. The number of rotatable bonds is 3. The van der Waals surface area contributed by atoms with Gasteiger partial charge in [0.15, 0.2) is 0 Å². The van der Waals surface area contributed by atoms with Gasteiger partial charge in [0.05, 0.1) is 16.8 Å². The molecule has 6 nitrogen and oxygen atoms in total. The van der Waals surface area contributed by atoms with Gasteiger partial charge < -0.3 is 14.6 Å². The Morgan fingerprint density at radius 3 is 2.26 bits per heavy atom. The zero-order valence-electron chi connectivity index (χ0n) is 17.4. The molecule has 1 fully saturated rings. The molecule has 166 valence electrons. The molecule has 3 rings (SSSR count). The molecule has 1 saturated heterocycles. The van der Waals surface area contributed by atoms with Crippen LogP contribution in [0.2, 0.25) is 0 Å². The fourth-order valence-corrected chi connectivity index (χ4v) is 3.57. The van der Waals surface area contributed by atoms with Crippen LogP contribution in [0, 0.1) is 5.82 Å². The number of hydrogen-bond donors (Lipinski definition) is 2. The third-order valence-electron chi connectivity index (χ3n) is 4.53. The zero-order valence-corrected chi connectivity index (χ0v) is 17.4. The first kappa shape index (κ1) is 23.0. The lowest BCUT2D eigenvalue weighted by molar-refractivity contribution is -0.139. The van der Waals surface area contributed by atoms with Crippen molar-refractivity contribution < 1.29 is 31.7 Å². The summed E-state index contributed by atoms with van der Waals surface area (Å²) < 4.78 is 63.7. The Kier molecular flexibility index (Phi) is 6.03. The summed E-state index contributed by atoms with van der Waals surface area (Å²) in [5.74, 6) is -1.26. The number of urea groups is 1. The smallest absolute Gasteiger partial charge is 0.402 e. The van der Waals surface area contributed by atoms with Crippen LogP contribution >= 0.6 is 0 Å². The number of carbonyl (C=O) groups is 1. The number of nitrogens with one attached hydrogen (secondary N) is 2. The fourth-order valence-electron chi connectivity index (χ4n) is 3.57. The van der Waals surface area contributed by atoms with Crippen molar-refractivity contribution in [2.75, 3.05) is 10.6 Å². The van der Waals surface area contributed by atoms with E-state index in [-0.39, 0.29) is 11.5 Å². The Bertz CT molecular complexity index is 949. The average molecular weight is 439 g/mol. The number of aromatic nitrogens is 1. The van der Waals surface area contributed by atoms with Crippen molar-refractivity contribution >= 4 is 30.1 Å². The molecule has 1 aromatic carbocycles. The van der Waals surface area contributed by atoms with E-state index in [0.29, 0.717) is 24.0 Å². The molecule has 0 saturated carbocycles. The van der Waals surface area contributed by atoms with Crippen LogP contribution in [-0.2, 0) is 15.5 Å². The number of hydrogen-bond acceptors (Lipinski definition) is 4. The molecule has 2 aromatic rings. The van der Waals surface area contributed by atoms with Gasteiger partial charge in [-0.05, 0) is 52.0 Å². The fraction of sp³-hybridized carbons (Fsp3) is 0.400. The van der Waals surface area contributed by atoms with Gasteiger partial charge in [-0.15, -0.1) is 0 Å². The van der Waals surface area contributed by atoms with E-state index in [1.807, 2.05) is 27.7 Å². The molecule has 0 atom stereocenters. The molecule has 0 unspecified atom stereocenters. The molecule has 1 aliphatic heterocycles. The minimum atomic E-state index is -4.87. The van der Waals surface area contributed by atoms with E-state index in [9.17, 15) is 22.4 Å². The van der Waals surface area contributed by atoms with Crippen LogP contribution < -0.4 is 16.1 Å². The van der Waals surface area contributed by atoms with Crippen LogP contribution in [0.3, 0.4) is 0 Å². The maximum absolute atomic E-state index is 13.4.